The fourth-order valence-electron chi connectivity index (χ4n) is 2.07. The van der Waals surface area contributed by atoms with Gasteiger partial charge in [-0.25, -0.2) is 0 Å². The number of non-ortho nitro benzene ring substituents is 1. The molecule has 0 aromatic heterocycles. The first-order chi connectivity index (χ1) is 10.5. The Bertz CT molecular complexity index is 686. The summed E-state index contributed by atoms with van der Waals surface area (Å²) in [6.45, 7) is 1.91. The van der Waals surface area contributed by atoms with Gasteiger partial charge in [-0.15, -0.1) is 0 Å². The minimum atomic E-state index is -0.459. The number of hydrogen-bond acceptors (Lipinski definition) is 3. The number of rotatable bonds is 5. The molecule has 0 radical (unpaired) electrons. The van der Waals surface area contributed by atoms with E-state index >= 15 is 0 Å². The van der Waals surface area contributed by atoms with Gasteiger partial charge in [0, 0.05) is 16.6 Å². The molecule has 0 spiro atoms. The lowest BCUT2D eigenvalue weighted by atomic mass is 10.1. The van der Waals surface area contributed by atoms with Crippen molar-refractivity contribution in [3.05, 3.63) is 74.2 Å². The number of carbonyl (C=O) groups excluding carboxylic acids is 1. The average molecular weight is 363 g/mol. The van der Waals surface area contributed by atoms with Crippen LogP contribution in [-0.4, -0.2) is 10.8 Å². The highest BCUT2D eigenvalue weighted by atomic mass is 79.9. The van der Waals surface area contributed by atoms with Gasteiger partial charge in [-0.05, 0) is 30.2 Å². The summed E-state index contributed by atoms with van der Waals surface area (Å²) in [5.41, 5.74) is 1.77. The Morgan fingerprint density at radius 2 is 1.95 bits per heavy atom. The molecular weight excluding hydrogens is 348 g/mol. The Kier molecular flexibility index (Phi) is 5.27. The van der Waals surface area contributed by atoms with E-state index in [1.54, 1.807) is 12.1 Å². The van der Waals surface area contributed by atoms with Gasteiger partial charge in [0.25, 0.3) is 5.69 Å². The first-order valence-corrected chi connectivity index (χ1v) is 7.53. The van der Waals surface area contributed by atoms with Crippen LogP contribution >= 0.6 is 15.9 Å². The first-order valence-electron chi connectivity index (χ1n) is 6.74. The molecule has 6 heteroatoms. The van der Waals surface area contributed by atoms with Gasteiger partial charge in [0.15, 0.2) is 0 Å². The molecule has 0 saturated carbocycles. The molecule has 0 saturated heterocycles. The normalized spacial score (nSPS) is 11.7. The van der Waals surface area contributed by atoms with Crippen LogP contribution in [0.1, 0.15) is 24.1 Å². The van der Waals surface area contributed by atoms with Gasteiger partial charge in [-0.3, -0.25) is 14.9 Å². The molecule has 0 fully saturated rings. The predicted octanol–water partition coefficient (Wildman–Crippen LogP) is 3.78. The zero-order chi connectivity index (χ0) is 16.1. The van der Waals surface area contributed by atoms with Gasteiger partial charge < -0.3 is 5.32 Å². The molecule has 2 aromatic rings. The summed E-state index contributed by atoms with van der Waals surface area (Å²) in [5, 5.41) is 13.5. The first kappa shape index (κ1) is 16.2. The number of nitro benzene ring substituents is 1. The second kappa shape index (κ2) is 7.17. The van der Waals surface area contributed by atoms with Crippen LogP contribution in [0.3, 0.4) is 0 Å². The molecule has 1 unspecified atom stereocenters. The Morgan fingerprint density at radius 1 is 1.27 bits per heavy atom. The summed E-state index contributed by atoms with van der Waals surface area (Å²) >= 11 is 3.40. The highest BCUT2D eigenvalue weighted by molar-refractivity contribution is 9.10. The van der Waals surface area contributed by atoms with E-state index in [2.05, 4.69) is 21.2 Å². The molecule has 0 bridgehead atoms. The van der Waals surface area contributed by atoms with Gasteiger partial charge in [0.1, 0.15) is 0 Å². The predicted molar refractivity (Wildman–Crippen MR) is 87.5 cm³/mol. The van der Waals surface area contributed by atoms with Crippen LogP contribution < -0.4 is 5.32 Å². The van der Waals surface area contributed by atoms with Crippen LogP contribution in [0.25, 0.3) is 0 Å². The SMILES string of the molecule is CC(NC(=O)Cc1ccc([N+](=O)[O-])cc1)c1cccc(Br)c1. The largest absolute Gasteiger partial charge is 0.349 e. The number of halogens is 1. The summed E-state index contributed by atoms with van der Waals surface area (Å²) < 4.78 is 0.960. The summed E-state index contributed by atoms with van der Waals surface area (Å²) in [7, 11) is 0. The van der Waals surface area contributed by atoms with E-state index in [-0.39, 0.29) is 24.1 Å². The van der Waals surface area contributed by atoms with Crippen LogP contribution in [-0.2, 0) is 11.2 Å². The average Bonchev–Trinajstić information content (AvgIpc) is 2.47. The molecule has 0 aliphatic rings. The van der Waals surface area contributed by atoms with Crippen molar-refractivity contribution < 1.29 is 9.72 Å². The van der Waals surface area contributed by atoms with Gasteiger partial charge >= 0.3 is 0 Å². The molecule has 2 aromatic carbocycles. The van der Waals surface area contributed by atoms with E-state index in [1.807, 2.05) is 31.2 Å². The van der Waals surface area contributed by atoms with Gasteiger partial charge in [0.2, 0.25) is 5.91 Å². The Hall–Kier alpha value is -2.21. The molecule has 0 aliphatic heterocycles. The number of benzene rings is 2. The number of nitrogens with zero attached hydrogens (tertiary/aromatic N) is 1. The topological polar surface area (TPSA) is 72.2 Å². The number of nitro groups is 1. The Balaban J connectivity index is 1.96. The molecule has 0 heterocycles. The molecule has 1 atom stereocenters. The minimum absolute atomic E-state index is 0.0201. The van der Waals surface area contributed by atoms with Crippen molar-refractivity contribution in [1.82, 2.24) is 5.32 Å². The smallest absolute Gasteiger partial charge is 0.269 e. The third-order valence-corrected chi connectivity index (χ3v) is 3.73. The molecule has 1 amide bonds. The maximum Gasteiger partial charge on any atom is 0.269 e. The Labute approximate surface area is 136 Å². The lowest BCUT2D eigenvalue weighted by Crippen LogP contribution is -2.28. The van der Waals surface area contributed by atoms with E-state index in [0.717, 1.165) is 15.6 Å². The molecule has 114 valence electrons. The maximum absolute atomic E-state index is 12.0. The van der Waals surface area contributed by atoms with Crippen molar-refractivity contribution in [2.45, 2.75) is 19.4 Å². The number of amides is 1. The number of carbonyl (C=O) groups is 1. The highest BCUT2D eigenvalue weighted by Gasteiger charge is 2.11. The second-order valence-electron chi connectivity index (χ2n) is 4.94. The number of nitrogens with one attached hydrogen (secondary N) is 1. The lowest BCUT2D eigenvalue weighted by molar-refractivity contribution is -0.384. The second-order valence-corrected chi connectivity index (χ2v) is 5.86. The van der Waals surface area contributed by atoms with Crippen LogP contribution in [0.15, 0.2) is 53.0 Å². The van der Waals surface area contributed by atoms with Gasteiger partial charge in [0.05, 0.1) is 17.4 Å². The Morgan fingerprint density at radius 3 is 2.55 bits per heavy atom. The zero-order valence-electron chi connectivity index (χ0n) is 12.0. The van der Waals surface area contributed by atoms with Crippen molar-refractivity contribution >= 4 is 27.5 Å². The third-order valence-electron chi connectivity index (χ3n) is 3.24. The summed E-state index contributed by atoms with van der Waals surface area (Å²) in [6.07, 6.45) is 0.191. The molecular formula is C16H15BrN2O3. The fourth-order valence-corrected chi connectivity index (χ4v) is 2.49. The maximum atomic E-state index is 12.0. The van der Waals surface area contributed by atoms with E-state index < -0.39 is 4.92 Å². The molecule has 5 nitrogen and oxygen atoms in total. The lowest BCUT2D eigenvalue weighted by Gasteiger charge is -2.14. The summed E-state index contributed by atoms with van der Waals surface area (Å²) in [5.74, 6) is -0.124. The molecule has 22 heavy (non-hydrogen) atoms. The zero-order valence-corrected chi connectivity index (χ0v) is 13.5. The van der Waals surface area contributed by atoms with Crippen molar-refractivity contribution in [3.63, 3.8) is 0 Å². The molecule has 1 N–H and O–H groups in total. The van der Waals surface area contributed by atoms with Crippen molar-refractivity contribution in [2.24, 2.45) is 0 Å². The summed E-state index contributed by atoms with van der Waals surface area (Å²) in [6, 6.07) is 13.6. The van der Waals surface area contributed by atoms with Crippen molar-refractivity contribution in [1.29, 1.82) is 0 Å². The quantitative estimate of drug-likeness (QED) is 0.649. The van der Waals surface area contributed by atoms with Crippen molar-refractivity contribution in [2.75, 3.05) is 0 Å². The van der Waals surface area contributed by atoms with Gasteiger partial charge in [-0.2, -0.15) is 0 Å². The van der Waals surface area contributed by atoms with E-state index in [1.165, 1.54) is 12.1 Å². The van der Waals surface area contributed by atoms with Crippen LogP contribution in [0.5, 0.6) is 0 Å². The standard InChI is InChI=1S/C16H15BrN2O3/c1-11(13-3-2-4-14(17)10-13)18-16(20)9-12-5-7-15(8-6-12)19(21)22/h2-8,10-11H,9H2,1H3,(H,18,20). The van der Waals surface area contributed by atoms with E-state index in [0.29, 0.717) is 0 Å². The van der Waals surface area contributed by atoms with E-state index in [9.17, 15) is 14.9 Å². The van der Waals surface area contributed by atoms with Crippen molar-refractivity contribution in [3.8, 4) is 0 Å². The van der Waals surface area contributed by atoms with E-state index in [4.69, 9.17) is 0 Å². The fraction of sp³-hybridized carbons (Fsp3) is 0.188. The summed E-state index contributed by atoms with van der Waals surface area (Å²) in [4.78, 5) is 22.2. The highest BCUT2D eigenvalue weighted by Crippen LogP contribution is 2.18. The monoisotopic (exact) mass is 362 g/mol. The molecule has 2 rings (SSSR count). The minimum Gasteiger partial charge on any atom is -0.349 e. The van der Waals surface area contributed by atoms with Crippen LogP contribution in [0, 0.1) is 10.1 Å². The van der Waals surface area contributed by atoms with Crippen LogP contribution in [0.4, 0.5) is 5.69 Å². The number of hydrogen-bond donors (Lipinski definition) is 1. The molecule has 0 aliphatic carbocycles. The van der Waals surface area contributed by atoms with Crippen LogP contribution in [0.2, 0.25) is 0 Å². The third kappa shape index (κ3) is 4.39. The van der Waals surface area contributed by atoms with Gasteiger partial charge in [-0.1, -0.05) is 40.2 Å².